The van der Waals surface area contributed by atoms with Crippen molar-refractivity contribution in [3.05, 3.63) is 0 Å². The molecule has 2 rings (SSSR count). The summed E-state index contributed by atoms with van der Waals surface area (Å²) in [5, 5.41) is 4.27. The zero-order valence-electron chi connectivity index (χ0n) is 6.01. The summed E-state index contributed by atoms with van der Waals surface area (Å²) in [6.07, 6.45) is 1.17. The maximum Gasteiger partial charge on any atom is 0.0600 e. The van der Waals surface area contributed by atoms with Crippen LogP contribution in [-0.2, 0) is 4.74 Å². The third-order valence-electron chi connectivity index (χ3n) is 2.09. The van der Waals surface area contributed by atoms with Gasteiger partial charge >= 0.3 is 0 Å². The molecule has 2 unspecified atom stereocenters. The van der Waals surface area contributed by atoms with Crippen LogP contribution in [0, 0.1) is 0 Å². The van der Waals surface area contributed by atoms with E-state index in [2.05, 4.69) is 5.32 Å². The number of thioether (sulfide) groups is 1. The highest BCUT2D eigenvalue weighted by Gasteiger charge is 2.31. The lowest BCUT2D eigenvalue weighted by atomic mass is 10.2. The number of fused-ring (bicyclic) bond motifs is 1. The number of hydrogen-bond donors (Lipinski definition) is 1. The molecule has 0 aromatic rings. The predicted octanol–water partition coefficient (Wildman–Crippen LogP) is 0.480. The van der Waals surface area contributed by atoms with E-state index in [1.807, 2.05) is 11.8 Å². The predicted molar refractivity (Wildman–Crippen MR) is 43.5 cm³/mol. The Balaban J connectivity index is 1.83. The largest absolute Gasteiger partial charge is 0.380 e. The molecule has 2 heterocycles. The second-order valence-corrected chi connectivity index (χ2v) is 4.13. The first-order chi connectivity index (χ1) is 4.97. The summed E-state index contributed by atoms with van der Waals surface area (Å²) in [6.45, 7) is 3.04. The Morgan fingerprint density at radius 3 is 3.30 bits per heavy atom. The molecule has 2 nitrogen and oxygen atoms in total. The quantitative estimate of drug-likeness (QED) is 0.555. The Bertz CT molecular complexity index is 106. The van der Waals surface area contributed by atoms with Crippen LogP contribution in [-0.4, -0.2) is 36.8 Å². The standard InChI is InChI=1S/C7H13NOS/c1-2-8-6-5-10-7(6)4-9-3-1/h6-8H,1-5H2. The van der Waals surface area contributed by atoms with Crippen LogP contribution in [0.5, 0.6) is 0 Å². The highest BCUT2D eigenvalue weighted by atomic mass is 32.2. The molecule has 0 aromatic heterocycles. The number of ether oxygens (including phenoxy) is 1. The number of hydrogen-bond acceptors (Lipinski definition) is 3. The van der Waals surface area contributed by atoms with E-state index in [0.29, 0.717) is 0 Å². The van der Waals surface area contributed by atoms with Crippen molar-refractivity contribution in [1.29, 1.82) is 0 Å². The highest BCUT2D eigenvalue weighted by molar-refractivity contribution is 8.01. The van der Waals surface area contributed by atoms with Crippen LogP contribution >= 0.6 is 11.8 Å². The molecular formula is C7H13NOS. The van der Waals surface area contributed by atoms with Crippen molar-refractivity contribution in [2.75, 3.05) is 25.5 Å². The topological polar surface area (TPSA) is 21.3 Å². The van der Waals surface area contributed by atoms with Crippen molar-refractivity contribution in [3.63, 3.8) is 0 Å². The minimum absolute atomic E-state index is 0.750. The molecular weight excluding hydrogens is 146 g/mol. The summed E-state index contributed by atoms with van der Waals surface area (Å²) in [4.78, 5) is 0. The average molecular weight is 159 g/mol. The second-order valence-electron chi connectivity index (χ2n) is 2.86. The SMILES string of the molecule is C1CNC2CSC2COC1. The third kappa shape index (κ3) is 1.31. The average Bonchev–Trinajstić information content (AvgIpc) is 1.89. The van der Waals surface area contributed by atoms with E-state index in [1.54, 1.807) is 0 Å². The lowest BCUT2D eigenvalue weighted by Gasteiger charge is -2.37. The molecule has 2 atom stereocenters. The molecule has 2 fully saturated rings. The first-order valence-electron chi connectivity index (χ1n) is 3.89. The van der Waals surface area contributed by atoms with Crippen LogP contribution in [0.15, 0.2) is 0 Å². The summed E-state index contributed by atoms with van der Waals surface area (Å²) < 4.78 is 5.45. The van der Waals surface area contributed by atoms with Crippen LogP contribution in [0.25, 0.3) is 0 Å². The summed E-state index contributed by atoms with van der Waals surface area (Å²) in [5.74, 6) is 1.29. The molecule has 0 aromatic carbocycles. The Morgan fingerprint density at radius 2 is 2.50 bits per heavy atom. The molecule has 0 amide bonds. The zero-order valence-corrected chi connectivity index (χ0v) is 6.82. The second kappa shape index (κ2) is 3.11. The molecule has 58 valence electrons. The van der Waals surface area contributed by atoms with E-state index in [-0.39, 0.29) is 0 Å². The molecule has 0 bridgehead atoms. The van der Waals surface area contributed by atoms with Crippen LogP contribution < -0.4 is 5.32 Å². The zero-order chi connectivity index (χ0) is 6.81. The Kier molecular flexibility index (Phi) is 2.16. The van der Waals surface area contributed by atoms with E-state index < -0.39 is 0 Å². The minimum Gasteiger partial charge on any atom is -0.380 e. The monoisotopic (exact) mass is 159 g/mol. The van der Waals surface area contributed by atoms with Gasteiger partial charge in [0.1, 0.15) is 0 Å². The molecule has 2 aliphatic rings. The maximum atomic E-state index is 5.45. The smallest absolute Gasteiger partial charge is 0.0600 e. The van der Waals surface area contributed by atoms with Crippen molar-refractivity contribution in [2.24, 2.45) is 0 Å². The van der Waals surface area contributed by atoms with Gasteiger partial charge in [-0.3, -0.25) is 0 Å². The highest BCUT2D eigenvalue weighted by Crippen LogP contribution is 2.29. The Morgan fingerprint density at radius 1 is 1.50 bits per heavy atom. The van der Waals surface area contributed by atoms with Crippen molar-refractivity contribution in [2.45, 2.75) is 17.7 Å². The van der Waals surface area contributed by atoms with Crippen molar-refractivity contribution in [3.8, 4) is 0 Å². The molecule has 0 spiro atoms. The molecule has 1 N–H and O–H groups in total. The molecule has 0 aliphatic carbocycles. The molecule has 2 aliphatic heterocycles. The van der Waals surface area contributed by atoms with Crippen LogP contribution in [0.1, 0.15) is 6.42 Å². The van der Waals surface area contributed by atoms with E-state index in [0.717, 1.165) is 31.1 Å². The fourth-order valence-corrected chi connectivity index (χ4v) is 2.41. The van der Waals surface area contributed by atoms with Gasteiger partial charge in [-0.2, -0.15) is 11.8 Å². The summed E-state index contributed by atoms with van der Waals surface area (Å²) >= 11 is 2.02. The Hall–Kier alpha value is 0.270. The van der Waals surface area contributed by atoms with Crippen LogP contribution in [0.3, 0.4) is 0 Å². The van der Waals surface area contributed by atoms with Gasteiger partial charge in [0.05, 0.1) is 6.61 Å². The van der Waals surface area contributed by atoms with Crippen LogP contribution in [0.2, 0.25) is 0 Å². The Labute approximate surface area is 65.7 Å². The van der Waals surface area contributed by atoms with Crippen molar-refractivity contribution < 1.29 is 4.74 Å². The van der Waals surface area contributed by atoms with Crippen molar-refractivity contribution in [1.82, 2.24) is 5.32 Å². The number of nitrogens with one attached hydrogen (secondary N) is 1. The van der Waals surface area contributed by atoms with E-state index >= 15 is 0 Å². The van der Waals surface area contributed by atoms with Gasteiger partial charge in [-0.1, -0.05) is 0 Å². The van der Waals surface area contributed by atoms with Gasteiger partial charge in [-0.05, 0) is 13.0 Å². The van der Waals surface area contributed by atoms with Gasteiger partial charge in [0.2, 0.25) is 0 Å². The maximum absolute atomic E-state index is 5.45. The van der Waals surface area contributed by atoms with Gasteiger partial charge in [0, 0.05) is 23.7 Å². The first kappa shape index (κ1) is 6.95. The first-order valence-corrected chi connectivity index (χ1v) is 4.94. The van der Waals surface area contributed by atoms with Gasteiger partial charge in [-0.15, -0.1) is 0 Å². The molecule has 0 saturated carbocycles. The van der Waals surface area contributed by atoms with Crippen LogP contribution in [0.4, 0.5) is 0 Å². The lowest BCUT2D eigenvalue weighted by molar-refractivity contribution is 0.112. The minimum atomic E-state index is 0.750. The van der Waals surface area contributed by atoms with Gasteiger partial charge in [-0.25, -0.2) is 0 Å². The van der Waals surface area contributed by atoms with Gasteiger partial charge in [0.15, 0.2) is 0 Å². The summed E-state index contributed by atoms with van der Waals surface area (Å²) in [6, 6.07) is 0.755. The fraction of sp³-hybridized carbons (Fsp3) is 1.00. The molecule has 10 heavy (non-hydrogen) atoms. The molecule has 3 heteroatoms. The number of rotatable bonds is 0. The summed E-state index contributed by atoms with van der Waals surface area (Å²) in [5.41, 5.74) is 0. The van der Waals surface area contributed by atoms with Crippen molar-refractivity contribution >= 4 is 11.8 Å². The summed E-state index contributed by atoms with van der Waals surface area (Å²) in [7, 11) is 0. The molecule has 0 radical (unpaired) electrons. The van der Waals surface area contributed by atoms with E-state index in [9.17, 15) is 0 Å². The third-order valence-corrected chi connectivity index (χ3v) is 3.54. The normalized spacial score (nSPS) is 40.8. The van der Waals surface area contributed by atoms with Gasteiger partial charge < -0.3 is 10.1 Å². The van der Waals surface area contributed by atoms with E-state index in [1.165, 1.54) is 12.2 Å². The fourth-order valence-electron chi connectivity index (χ4n) is 1.34. The lowest BCUT2D eigenvalue weighted by Crippen LogP contribution is -2.51. The van der Waals surface area contributed by atoms with Gasteiger partial charge in [0.25, 0.3) is 0 Å². The van der Waals surface area contributed by atoms with E-state index in [4.69, 9.17) is 4.74 Å². The molecule has 2 saturated heterocycles.